The Morgan fingerprint density at radius 2 is 2.08 bits per heavy atom. The van der Waals surface area contributed by atoms with Crippen molar-refractivity contribution in [2.45, 2.75) is 45.4 Å². The molecule has 5 nitrogen and oxygen atoms in total. The number of methoxy groups -OCH3 is 1. The third-order valence-electron chi connectivity index (χ3n) is 4.62. The van der Waals surface area contributed by atoms with E-state index in [4.69, 9.17) is 14.2 Å². The van der Waals surface area contributed by atoms with Gasteiger partial charge in [-0.2, -0.15) is 0 Å². The number of amides is 1. The third kappa shape index (κ3) is 6.94. The molecule has 0 aromatic heterocycles. The average molecular weight is 349 g/mol. The van der Waals surface area contributed by atoms with E-state index in [1.54, 1.807) is 7.11 Å². The number of rotatable bonds is 10. The van der Waals surface area contributed by atoms with Crippen LogP contribution in [0.5, 0.6) is 11.5 Å². The third-order valence-corrected chi connectivity index (χ3v) is 4.62. The number of carbonyl (C=O) groups excluding carboxylic acids is 1. The lowest BCUT2D eigenvalue weighted by Crippen LogP contribution is -2.25. The molecule has 0 atom stereocenters. The van der Waals surface area contributed by atoms with Gasteiger partial charge in [0.15, 0.2) is 11.5 Å². The predicted octanol–water partition coefficient (Wildman–Crippen LogP) is 3.35. The lowest BCUT2D eigenvalue weighted by atomic mass is 9.95. The summed E-state index contributed by atoms with van der Waals surface area (Å²) in [6.07, 6.45) is 5.75. The molecule has 1 saturated heterocycles. The van der Waals surface area contributed by atoms with Crippen LogP contribution in [0.2, 0.25) is 0 Å². The molecule has 0 bridgehead atoms. The van der Waals surface area contributed by atoms with Gasteiger partial charge in [-0.25, -0.2) is 0 Å². The molecule has 1 aromatic rings. The van der Waals surface area contributed by atoms with E-state index in [0.29, 0.717) is 19.4 Å². The summed E-state index contributed by atoms with van der Waals surface area (Å²) >= 11 is 0. The second-order valence-corrected chi connectivity index (χ2v) is 6.47. The van der Waals surface area contributed by atoms with E-state index in [0.717, 1.165) is 62.0 Å². The fourth-order valence-electron chi connectivity index (χ4n) is 3.14. The van der Waals surface area contributed by atoms with Crippen molar-refractivity contribution in [3.63, 3.8) is 0 Å². The van der Waals surface area contributed by atoms with Gasteiger partial charge in [0.25, 0.3) is 0 Å². The standard InChI is InChI=1S/C20H31NO4/c1-3-25-18-8-6-17(15-19(18)23-2)7-9-20(22)21-12-4-5-16-10-13-24-14-11-16/h6,8,15-16H,3-5,7,9-14H2,1-2H3,(H,21,22). The second kappa shape index (κ2) is 11.0. The van der Waals surface area contributed by atoms with E-state index in [1.807, 2.05) is 25.1 Å². The first-order valence-corrected chi connectivity index (χ1v) is 9.37. The molecular weight excluding hydrogens is 318 g/mol. The quantitative estimate of drug-likeness (QED) is 0.658. The zero-order chi connectivity index (χ0) is 17.9. The number of hydrogen-bond donors (Lipinski definition) is 1. The van der Waals surface area contributed by atoms with Crippen LogP contribution in [0.15, 0.2) is 18.2 Å². The molecule has 2 rings (SSSR count). The molecule has 1 aliphatic heterocycles. The van der Waals surface area contributed by atoms with Crippen LogP contribution < -0.4 is 14.8 Å². The van der Waals surface area contributed by atoms with Crippen molar-refractivity contribution >= 4 is 5.91 Å². The Morgan fingerprint density at radius 1 is 1.28 bits per heavy atom. The van der Waals surface area contributed by atoms with E-state index in [9.17, 15) is 4.79 Å². The molecule has 5 heteroatoms. The van der Waals surface area contributed by atoms with E-state index in [1.165, 1.54) is 6.42 Å². The van der Waals surface area contributed by atoms with Crippen molar-refractivity contribution in [3.05, 3.63) is 23.8 Å². The molecule has 0 aliphatic carbocycles. The Balaban J connectivity index is 1.65. The topological polar surface area (TPSA) is 56.8 Å². The zero-order valence-electron chi connectivity index (χ0n) is 15.5. The number of hydrogen-bond acceptors (Lipinski definition) is 4. The smallest absolute Gasteiger partial charge is 0.220 e. The minimum absolute atomic E-state index is 0.111. The summed E-state index contributed by atoms with van der Waals surface area (Å²) in [7, 11) is 1.63. The summed E-state index contributed by atoms with van der Waals surface area (Å²) in [6, 6.07) is 5.85. The number of benzene rings is 1. The zero-order valence-corrected chi connectivity index (χ0v) is 15.5. The van der Waals surface area contributed by atoms with Crippen LogP contribution in [0.25, 0.3) is 0 Å². The highest BCUT2D eigenvalue weighted by Gasteiger charge is 2.13. The Morgan fingerprint density at radius 3 is 2.80 bits per heavy atom. The molecule has 1 amide bonds. The Hall–Kier alpha value is -1.75. The first kappa shape index (κ1) is 19.6. The highest BCUT2D eigenvalue weighted by molar-refractivity contribution is 5.76. The first-order chi connectivity index (χ1) is 12.2. The minimum Gasteiger partial charge on any atom is -0.493 e. The van der Waals surface area contributed by atoms with Crippen molar-refractivity contribution in [1.29, 1.82) is 0 Å². The van der Waals surface area contributed by atoms with Gasteiger partial charge in [0.1, 0.15) is 0 Å². The second-order valence-electron chi connectivity index (χ2n) is 6.47. The maximum absolute atomic E-state index is 12.0. The molecule has 1 heterocycles. The maximum Gasteiger partial charge on any atom is 0.220 e. The molecular formula is C20H31NO4. The molecule has 1 aromatic carbocycles. The minimum atomic E-state index is 0.111. The fraction of sp³-hybridized carbons (Fsp3) is 0.650. The van der Waals surface area contributed by atoms with Crippen LogP contribution in [0.4, 0.5) is 0 Å². The largest absolute Gasteiger partial charge is 0.493 e. The summed E-state index contributed by atoms with van der Waals surface area (Å²) in [5.41, 5.74) is 1.08. The van der Waals surface area contributed by atoms with Crippen molar-refractivity contribution < 1.29 is 19.0 Å². The SMILES string of the molecule is CCOc1ccc(CCC(=O)NCCCC2CCOCC2)cc1OC. The highest BCUT2D eigenvalue weighted by Crippen LogP contribution is 2.28. The summed E-state index contributed by atoms with van der Waals surface area (Å²) in [5, 5.41) is 3.03. The van der Waals surface area contributed by atoms with E-state index in [2.05, 4.69) is 5.32 Å². The summed E-state index contributed by atoms with van der Waals surface area (Å²) in [6.45, 7) is 5.10. The van der Waals surface area contributed by atoms with Crippen LogP contribution >= 0.6 is 0 Å². The van der Waals surface area contributed by atoms with Gasteiger partial charge in [-0.3, -0.25) is 4.79 Å². The van der Waals surface area contributed by atoms with Crippen molar-refractivity contribution in [3.8, 4) is 11.5 Å². The molecule has 1 N–H and O–H groups in total. The van der Waals surface area contributed by atoms with Gasteiger partial charge in [-0.1, -0.05) is 6.07 Å². The lowest BCUT2D eigenvalue weighted by Gasteiger charge is -2.21. The summed E-state index contributed by atoms with van der Waals surface area (Å²) in [5.74, 6) is 2.34. The predicted molar refractivity (Wildman–Crippen MR) is 98.3 cm³/mol. The molecule has 140 valence electrons. The molecule has 0 saturated carbocycles. The molecule has 25 heavy (non-hydrogen) atoms. The van der Waals surface area contributed by atoms with Crippen molar-refractivity contribution in [2.24, 2.45) is 5.92 Å². The lowest BCUT2D eigenvalue weighted by molar-refractivity contribution is -0.121. The number of carbonyl (C=O) groups is 1. The van der Waals surface area contributed by atoms with Gasteiger partial charge in [0, 0.05) is 26.2 Å². The molecule has 1 fully saturated rings. The van der Waals surface area contributed by atoms with Gasteiger partial charge >= 0.3 is 0 Å². The Labute approximate surface area is 151 Å². The van der Waals surface area contributed by atoms with Crippen LogP contribution in [-0.2, 0) is 16.0 Å². The van der Waals surface area contributed by atoms with Gasteiger partial charge in [0.05, 0.1) is 13.7 Å². The van der Waals surface area contributed by atoms with Gasteiger partial charge in [-0.05, 0) is 62.6 Å². The normalized spacial score (nSPS) is 15.0. The van der Waals surface area contributed by atoms with Crippen LogP contribution in [0, 0.1) is 5.92 Å². The number of nitrogens with one attached hydrogen (secondary N) is 1. The van der Waals surface area contributed by atoms with Gasteiger partial charge < -0.3 is 19.5 Å². The number of ether oxygens (including phenoxy) is 3. The van der Waals surface area contributed by atoms with Crippen LogP contribution in [0.1, 0.15) is 44.6 Å². The van der Waals surface area contributed by atoms with Gasteiger partial charge in [0.2, 0.25) is 5.91 Å². The van der Waals surface area contributed by atoms with E-state index >= 15 is 0 Å². The monoisotopic (exact) mass is 349 g/mol. The maximum atomic E-state index is 12.0. The van der Waals surface area contributed by atoms with E-state index < -0.39 is 0 Å². The molecule has 0 radical (unpaired) electrons. The fourth-order valence-corrected chi connectivity index (χ4v) is 3.14. The average Bonchev–Trinajstić information content (AvgIpc) is 2.65. The summed E-state index contributed by atoms with van der Waals surface area (Å²) < 4.78 is 16.2. The van der Waals surface area contributed by atoms with Crippen molar-refractivity contribution in [1.82, 2.24) is 5.32 Å². The van der Waals surface area contributed by atoms with Gasteiger partial charge in [-0.15, -0.1) is 0 Å². The number of aryl methyl sites for hydroxylation is 1. The molecule has 0 unspecified atom stereocenters. The van der Waals surface area contributed by atoms with E-state index in [-0.39, 0.29) is 5.91 Å². The Bertz CT molecular complexity index is 526. The highest BCUT2D eigenvalue weighted by atomic mass is 16.5. The summed E-state index contributed by atoms with van der Waals surface area (Å²) in [4.78, 5) is 12.0. The Kier molecular flexibility index (Phi) is 8.60. The van der Waals surface area contributed by atoms with Crippen molar-refractivity contribution in [2.75, 3.05) is 33.5 Å². The molecule has 0 spiro atoms. The van der Waals surface area contributed by atoms with Crippen LogP contribution in [-0.4, -0.2) is 39.4 Å². The molecule has 1 aliphatic rings. The van der Waals surface area contributed by atoms with Crippen LogP contribution in [0.3, 0.4) is 0 Å². The first-order valence-electron chi connectivity index (χ1n) is 9.37.